The number of benzene rings is 1. The number of urea groups is 1. The summed E-state index contributed by atoms with van der Waals surface area (Å²) in [6.07, 6.45) is 0. The van der Waals surface area contributed by atoms with Gasteiger partial charge in [0.15, 0.2) is 0 Å². The van der Waals surface area contributed by atoms with Crippen LogP contribution in [0.4, 0.5) is 16.2 Å². The molecule has 0 aliphatic rings. The first-order valence-corrected chi connectivity index (χ1v) is 5.34. The molecule has 1 unspecified atom stereocenters. The summed E-state index contributed by atoms with van der Waals surface area (Å²) in [5.74, 6) is 0. The Morgan fingerprint density at radius 1 is 1.56 bits per heavy atom. The van der Waals surface area contributed by atoms with Crippen LogP contribution in [0.5, 0.6) is 0 Å². The van der Waals surface area contributed by atoms with Gasteiger partial charge in [0.25, 0.3) is 5.69 Å². The molecule has 2 amide bonds. The van der Waals surface area contributed by atoms with Gasteiger partial charge >= 0.3 is 6.03 Å². The molecule has 0 spiro atoms. The van der Waals surface area contributed by atoms with E-state index in [0.717, 1.165) is 0 Å². The van der Waals surface area contributed by atoms with Gasteiger partial charge in [0.05, 0.1) is 17.6 Å². The molecule has 98 valence electrons. The van der Waals surface area contributed by atoms with E-state index in [0.29, 0.717) is 12.3 Å². The zero-order valence-electron chi connectivity index (χ0n) is 10.2. The normalized spacial score (nSPS) is 11.7. The van der Waals surface area contributed by atoms with Gasteiger partial charge in [0, 0.05) is 24.9 Å². The minimum Gasteiger partial charge on any atom is -0.383 e. The first-order chi connectivity index (χ1) is 8.52. The van der Waals surface area contributed by atoms with Crippen molar-refractivity contribution in [1.82, 2.24) is 5.32 Å². The number of carbonyl (C=O) groups is 1. The van der Waals surface area contributed by atoms with E-state index in [-0.39, 0.29) is 11.7 Å². The number of hydrogen-bond donors (Lipinski definition) is 2. The lowest BCUT2D eigenvalue weighted by Crippen LogP contribution is -2.38. The molecule has 1 aromatic rings. The molecule has 0 aliphatic carbocycles. The van der Waals surface area contributed by atoms with Gasteiger partial charge in [0.2, 0.25) is 0 Å². The van der Waals surface area contributed by atoms with Crippen LogP contribution in [-0.2, 0) is 4.74 Å². The quantitative estimate of drug-likeness (QED) is 0.617. The molecular weight excluding hydrogens is 238 g/mol. The second kappa shape index (κ2) is 6.55. The molecule has 0 bridgehead atoms. The summed E-state index contributed by atoms with van der Waals surface area (Å²) in [4.78, 5) is 21.6. The predicted octanol–water partition coefficient (Wildman–Crippen LogP) is 1.75. The number of nitro benzene ring substituents is 1. The Hall–Kier alpha value is -2.15. The molecule has 2 N–H and O–H groups in total. The fourth-order valence-electron chi connectivity index (χ4n) is 1.38. The number of nitro groups is 1. The zero-order chi connectivity index (χ0) is 13.5. The van der Waals surface area contributed by atoms with E-state index < -0.39 is 11.0 Å². The van der Waals surface area contributed by atoms with Crippen LogP contribution in [0.3, 0.4) is 0 Å². The number of amides is 2. The highest BCUT2D eigenvalue weighted by Crippen LogP contribution is 2.16. The van der Waals surface area contributed by atoms with E-state index in [2.05, 4.69) is 10.6 Å². The van der Waals surface area contributed by atoms with Gasteiger partial charge < -0.3 is 15.4 Å². The highest BCUT2D eigenvalue weighted by atomic mass is 16.6. The molecule has 0 radical (unpaired) electrons. The molecule has 0 saturated carbocycles. The first-order valence-electron chi connectivity index (χ1n) is 5.34. The molecule has 1 atom stereocenters. The van der Waals surface area contributed by atoms with E-state index in [1.807, 2.05) is 0 Å². The Bertz CT molecular complexity index is 436. The van der Waals surface area contributed by atoms with Crippen molar-refractivity contribution in [2.75, 3.05) is 19.0 Å². The third-order valence-corrected chi connectivity index (χ3v) is 2.11. The molecule has 0 fully saturated rings. The molecule has 1 rings (SSSR count). The highest BCUT2D eigenvalue weighted by molar-refractivity contribution is 5.89. The summed E-state index contributed by atoms with van der Waals surface area (Å²) in [5.41, 5.74) is 0.295. The summed E-state index contributed by atoms with van der Waals surface area (Å²) in [6, 6.07) is 5.16. The summed E-state index contributed by atoms with van der Waals surface area (Å²) in [6.45, 7) is 2.18. The van der Waals surface area contributed by atoms with Crippen LogP contribution in [0.25, 0.3) is 0 Å². The lowest BCUT2D eigenvalue weighted by molar-refractivity contribution is -0.384. The fraction of sp³-hybridized carbons (Fsp3) is 0.364. The summed E-state index contributed by atoms with van der Waals surface area (Å²) >= 11 is 0. The minimum absolute atomic E-state index is 0.0715. The summed E-state index contributed by atoms with van der Waals surface area (Å²) in [7, 11) is 1.54. The molecule has 0 aliphatic heterocycles. The lowest BCUT2D eigenvalue weighted by Gasteiger charge is -2.13. The number of ether oxygens (including phenoxy) is 1. The third-order valence-electron chi connectivity index (χ3n) is 2.11. The standard InChI is InChI=1S/C11H15N3O4/c1-8(7-18-2)12-11(15)13-9-4-3-5-10(6-9)14(16)17/h3-6,8H,7H2,1-2H3,(H2,12,13,15). The topological polar surface area (TPSA) is 93.5 Å². The number of nitrogens with one attached hydrogen (secondary N) is 2. The largest absolute Gasteiger partial charge is 0.383 e. The molecular formula is C11H15N3O4. The Labute approximate surface area is 104 Å². The smallest absolute Gasteiger partial charge is 0.319 e. The molecule has 7 nitrogen and oxygen atoms in total. The van der Waals surface area contributed by atoms with Crippen LogP contribution < -0.4 is 10.6 Å². The number of nitrogens with zero attached hydrogens (tertiary/aromatic N) is 1. The average molecular weight is 253 g/mol. The number of anilines is 1. The van der Waals surface area contributed by atoms with E-state index >= 15 is 0 Å². The van der Waals surface area contributed by atoms with Gasteiger partial charge in [-0.05, 0) is 13.0 Å². The SMILES string of the molecule is COCC(C)NC(=O)Nc1cccc([N+](=O)[O-])c1. The molecule has 0 heterocycles. The number of non-ortho nitro benzene ring substituents is 1. The Kier molecular flexibility index (Phi) is 5.06. The van der Waals surface area contributed by atoms with Gasteiger partial charge in [-0.1, -0.05) is 6.07 Å². The molecule has 0 saturated heterocycles. The second-order valence-electron chi connectivity index (χ2n) is 3.76. The summed E-state index contributed by atoms with van der Waals surface area (Å²) < 4.78 is 4.87. The van der Waals surface area contributed by atoms with Crippen molar-refractivity contribution in [2.24, 2.45) is 0 Å². The monoisotopic (exact) mass is 253 g/mol. The van der Waals surface area contributed by atoms with Gasteiger partial charge in [-0.3, -0.25) is 10.1 Å². The second-order valence-corrected chi connectivity index (χ2v) is 3.76. The average Bonchev–Trinajstić information content (AvgIpc) is 2.29. The van der Waals surface area contributed by atoms with Crippen LogP contribution in [0.2, 0.25) is 0 Å². The number of carbonyl (C=O) groups excluding carboxylic acids is 1. The van der Waals surface area contributed by atoms with Gasteiger partial charge in [-0.2, -0.15) is 0 Å². The molecule has 18 heavy (non-hydrogen) atoms. The van der Waals surface area contributed by atoms with Crippen LogP contribution in [0.15, 0.2) is 24.3 Å². The Morgan fingerprint density at radius 2 is 2.28 bits per heavy atom. The number of methoxy groups -OCH3 is 1. The highest BCUT2D eigenvalue weighted by Gasteiger charge is 2.09. The van der Waals surface area contributed by atoms with Crippen molar-refractivity contribution < 1.29 is 14.5 Å². The Balaban J connectivity index is 2.59. The summed E-state index contributed by atoms with van der Waals surface area (Å²) in [5, 5.41) is 15.7. The molecule has 7 heteroatoms. The molecule has 1 aromatic carbocycles. The van der Waals surface area contributed by atoms with E-state index in [1.54, 1.807) is 13.0 Å². The van der Waals surface area contributed by atoms with Crippen molar-refractivity contribution >= 4 is 17.4 Å². The number of hydrogen-bond acceptors (Lipinski definition) is 4. The van der Waals surface area contributed by atoms with E-state index in [1.165, 1.54) is 25.3 Å². The van der Waals surface area contributed by atoms with Gasteiger partial charge in [-0.25, -0.2) is 4.79 Å². The predicted molar refractivity (Wildman–Crippen MR) is 66.6 cm³/mol. The van der Waals surface area contributed by atoms with Crippen LogP contribution >= 0.6 is 0 Å². The maximum absolute atomic E-state index is 11.5. The number of rotatable bonds is 5. The maximum Gasteiger partial charge on any atom is 0.319 e. The fourth-order valence-corrected chi connectivity index (χ4v) is 1.38. The van der Waals surface area contributed by atoms with E-state index in [9.17, 15) is 14.9 Å². The van der Waals surface area contributed by atoms with Gasteiger partial charge in [0.1, 0.15) is 0 Å². The Morgan fingerprint density at radius 3 is 2.89 bits per heavy atom. The zero-order valence-corrected chi connectivity index (χ0v) is 10.2. The van der Waals surface area contributed by atoms with Crippen molar-refractivity contribution in [3.8, 4) is 0 Å². The maximum atomic E-state index is 11.5. The lowest BCUT2D eigenvalue weighted by atomic mass is 10.3. The first kappa shape index (κ1) is 13.9. The van der Waals surface area contributed by atoms with Crippen molar-refractivity contribution in [3.05, 3.63) is 34.4 Å². The van der Waals surface area contributed by atoms with Crippen molar-refractivity contribution in [1.29, 1.82) is 0 Å². The van der Waals surface area contributed by atoms with E-state index in [4.69, 9.17) is 4.74 Å². The van der Waals surface area contributed by atoms with Crippen molar-refractivity contribution in [3.63, 3.8) is 0 Å². The van der Waals surface area contributed by atoms with Gasteiger partial charge in [-0.15, -0.1) is 0 Å². The third kappa shape index (κ3) is 4.38. The van der Waals surface area contributed by atoms with Crippen LogP contribution in [0.1, 0.15) is 6.92 Å². The van der Waals surface area contributed by atoms with Crippen molar-refractivity contribution in [2.45, 2.75) is 13.0 Å². The minimum atomic E-state index is -0.517. The van der Waals surface area contributed by atoms with Crippen LogP contribution in [-0.4, -0.2) is 30.7 Å². The molecule has 0 aromatic heterocycles. The van der Waals surface area contributed by atoms with Crippen LogP contribution in [0, 0.1) is 10.1 Å².